The lowest BCUT2D eigenvalue weighted by Crippen LogP contribution is -2.26. The van der Waals surface area contributed by atoms with Gasteiger partial charge in [-0.25, -0.2) is 8.42 Å². The lowest BCUT2D eigenvalue weighted by atomic mass is 10.2. The third-order valence-corrected chi connectivity index (χ3v) is 6.06. The Kier molecular flexibility index (Phi) is 5.90. The van der Waals surface area contributed by atoms with Crippen molar-refractivity contribution >= 4 is 27.3 Å². The zero-order valence-corrected chi connectivity index (χ0v) is 17.2. The summed E-state index contributed by atoms with van der Waals surface area (Å²) >= 11 is 5.83. The molecule has 0 aliphatic rings. The van der Waals surface area contributed by atoms with E-state index in [1.165, 1.54) is 23.5 Å². The van der Waals surface area contributed by atoms with Gasteiger partial charge in [0.1, 0.15) is 5.75 Å². The number of ether oxygens (including phenoxy) is 1. The van der Waals surface area contributed by atoms with Gasteiger partial charge in [-0.15, -0.1) is 10.2 Å². The predicted molar refractivity (Wildman–Crippen MR) is 106 cm³/mol. The molecule has 1 heterocycles. The maximum absolute atomic E-state index is 12.7. The van der Waals surface area contributed by atoms with Crippen LogP contribution in [0.2, 0.25) is 5.02 Å². The average molecular weight is 422 g/mol. The summed E-state index contributed by atoms with van der Waals surface area (Å²) < 4.78 is 37.8. The fourth-order valence-corrected chi connectivity index (χ4v) is 3.68. The molecular weight excluding hydrogens is 402 g/mol. The molecule has 0 fully saturated rings. The third-order valence-electron chi connectivity index (χ3n) is 4.01. The number of aromatic nitrogens is 2. The van der Waals surface area contributed by atoms with Crippen LogP contribution in [-0.2, 0) is 16.6 Å². The van der Waals surface area contributed by atoms with Gasteiger partial charge in [0, 0.05) is 18.0 Å². The Morgan fingerprint density at radius 3 is 2.29 bits per heavy atom. The molecule has 1 aromatic heterocycles. The van der Waals surface area contributed by atoms with Crippen molar-refractivity contribution in [2.24, 2.45) is 0 Å². The van der Waals surface area contributed by atoms with E-state index in [-0.39, 0.29) is 17.4 Å². The van der Waals surface area contributed by atoms with Crippen LogP contribution < -0.4 is 9.04 Å². The smallest absolute Gasteiger partial charge is 0.264 e. The van der Waals surface area contributed by atoms with E-state index in [0.29, 0.717) is 28.2 Å². The molecular formula is C19H20ClN3O4S. The van der Waals surface area contributed by atoms with Gasteiger partial charge in [-0.05, 0) is 48.5 Å². The normalized spacial score (nSPS) is 11.6. The summed E-state index contributed by atoms with van der Waals surface area (Å²) in [5.41, 5.74) is 0.502. The molecule has 148 valence electrons. The Bertz CT molecular complexity index is 1030. The van der Waals surface area contributed by atoms with Crippen molar-refractivity contribution in [2.45, 2.75) is 31.3 Å². The van der Waals surface area contributed by atoms with Gasteiger partial charge in [0.05, 0.1) is 10.6 Å². The van der Waals surface area contributed by atoms with E-state index in [1.807, 2.05) is 13.8 Å². The van der Waals surface area contributed by atoms with Crippen molar-refractivity contribution in [1.29, 1.82) is 0 Å². The highest BCUT2D eigenvalue weighted by Crippen LogP contribution is 2.25. The van der Waals surface area contributed by atoms with Crippen LogP contribution in [0.3, 0.4) is 0 Å². The zero-order valence-electron chi connectivity index (χ0n) is 15.7. The molecule has 0 saturated carbocycles. The monoisotopic (exact) mass is 421 g/mol. The molecule has 0 saturated heterocycles. The number of hydrogen-bond donors (Lipinski definition) is 0. The summed E-state index contributed by atoms with van der Waals surface area (Å²) in [6.45, 7) is 4.06. The van der Waals surface area contributed by atoms with Gasteiger partial charge in [0.15, 0.2) is 6.61 Å². The molecule has 0 unspecified atom stereocenters. The van der Waals surface area contributed by atoms with E-state index in [1.54, 1.807) is 36.4 Å². The van der Waals surface area contributed by atoms with Crippen LogP contribution in [-0.4, -0.2) is 25.7 Å². The van der Waals surface area contributed by atoms with Gasteiger partial charge < -0.3 is 9.15 Å². The van der Waals surface area contributed by atoms with E-state index >= 15 is 0 Å². The Morgan fingerprint density at radius 2 is 1.71 bits per heavy atom. The average Bonchev–Trinajstić information content (AvgIpc) is 3.16. The number of rotatable bonds is 7. The van der Waals surface area contributed by atoms with Gasteiger partial charge in [-0.2, -0.15) is 0 Å². The second-order valence-electron chi connectivity index (χ2n) is 6.40. The standard InChI is InChI=1S/C19H20ClN3O4S/c1-13(2)19-22-21-18(27-19)12-26-16-8-6-15(7-9-16)23(3)28(24,25)17-10-4-14(20)5-11-17/h4-11,13H,12H2,1-3H3. The molecule has 0 aliphatic heterocycles. The van der Waals surface area contributed by atoms with Crippen LogP contribution in [0, 0.1) is 0 Å². The minimum atomic E-state index is -3.68. The number of halogens is 1. The second-order valence-corrected chi connectivity index (χ2v) is 8.80. The molecule has 28 heavy (non-hydrogen) atoms. The lowest BCUT2D eigenvalue weighted by molar-refractivity contribution is 0.257. The van der Waals surface area contributed by atoms with Crippen molar-refractivity contribution in [3.05, 3.63) is 65.3 Å². The fraction of sp³-hybridized carbons (Fsp3) is 0.263. The number of anilines is 1. The van der Waals surface area contributed by atoms with Crippen molar-refractivity contribution in [2.75, 3.05) is 11.4 Å². The first-order valence-electron chi connectivity index (χ1n) is 8.57. The topological polar surface area (TPSA) is 85.5 Å². The van der Waals surface area contributed by atoms with E-state index < -0.39 is 10.0 Å². The Hall–Kier alpha value is -2.58. The summed E-state index contributed by atoms with van der Waals surface area (Å²) in [6, 6.07) is 12.7. The Balaban J connectivity index is 1.68. The van der Waals surface area contributed by atoms with Crippen molar-refractivity contribution < 1.29 is 17.6 Å². The Labute approximate surface area is 169 Å². The lowest BCUT2D eigenvalue weighted by Gasteiger charge is -2.19. The quantitative estimate of drug-likeness (QED) is 0.566. The van der Waals surface area contributed by atoms with Crippen molar-refractivity contribution in [3.63, 3.8) is 0 Å². The van der Waals surface area contributed by atoms with Crippen LogP contribution in [0.25, 0.3) is 0 Å². The molecule has 2 aromatic carbocycles. The van der Waals surface area contributed by atoms with Crippen LogP contribution in [0.4, 0.5) is 5.69 Å². The third kappa shape index (κ3) is 4.45. The molecule has 0 spiro atoms. The molecule has 0 aliphatic carbocycles. The molecule has 0 N–H and O–H groups in total. The number of benzene rings is 2. The van der Waals surface area contributed by atoms with E-state index in [4.69, 9.17) is 20.8 Å². The largest absolute Gasteiger partial charge is 0.484 e. The van der Waals surface area contributed by atoms with Gasteiger partial charge in [0.2, 0.25) is 5.89 Å². The summed E-state index contributed by atoms with van der Waals surface area (Å²) in [4.78, 5) is 0.164. The molecule has 3 aromatic rings. The van der Waals surface area contributed by atoms with Gasteiger partial charge >= 0.3 is 0 Å². The maximum Gasteiger partial charge on any atom is 0.264 e. The summed E-state index contributed by atoms with van der Waals surface area (Å²) in [7, 11) is -2.19. The minimum absolute atomic E-state index is 0.137. The summed E-state index contributed by atoms with van der Waals surface area (Å²) in [5.74, 6) is 1.65. The number of nitrogens with zero attached hydrogens (tertiary/aromatic N) is 3. The van der Waals surface area contributed by atoms with E-state index in [9.17, 15) is 8.42 Å². The number of hydrogen-bond acceptors (Lipinski definition) is 6. The molecule has 9 heteroatoms. The van der Waals surface area contributed by atoms with Crippen LogP contribution in [0.1, 0.15) is 31.5 Å². The first-order chi connectivity index (χ1) is 13.3. The van der Waals surface area contributed by atoms with Crippen LogP contribution >= 0.6 is 11.6 Å². The highest BCUT2D eigenvalue weighted by Gasteiger charge is 2.21. The van der Waals surface area contributed by atoms with E-state index in [2.05, 4.69) is 10.2 Å². The summed E-state index contributed by atoms with van der Waals surface area (Å²) in [5, 5.41) is 8.36. The highest BCUT2D eigenvalue weighted by molar-refractivity contribution is 7.92. The molecule has 0 radical (unpaired) electrons. The SMILES string of the molecule is CC(C)c1nnc(COc2ccc(N(C)S(=O)(=O)c3ccc(Cl)cc3)cc2)o1. The van der Waals surface area contributed by atoms with Crippen LogP contribution in [0.5, 0.6) is 5.75 Å². The maximum atomic E-state index is 12.7. The Morgan fingerprint density at radius 1 is 1.07 bits per heavy atom. The first-order valence-corrected chi connectivity index (χ1v) is 10.4. The molecule has 0 atom stereocenters. The van der Waals surface area contributed by atoms with Crippen molar-refractivity contribution in [3.8, 4) is 5.75 Å². The molecule has 7 nitrogen and oxygen atoms in total. The zero-order chi connectivity index (χ0) is 20.3. The molecule has 3 rings (SSSR count). The van der Waals surface area contributed by atoms with Gasteiger partial charge in [-0.3, -0.25) is 4.31 Å². The highest BCUT2D eigenvalue weighted by atomic mass is 35.5. The molecule has 0 amide bonds. The van der Waals surface area contributed by atoms with E-state index in [0.717, 1.165) is 0 Å². The fourth-order valence-electron chi connectivity index (χ4n) is 2.36. The predicted octanol–water partition coefficient (Wildman–Crippen LogP) is 4.25. The van der Waals surface area contributed by atoms with Gasteiger partial charge in [0.25, 0.3) is 15.9 Å². The summed E-state index contributed by atoms with van der Waals surface area (Å²) in [6.07, 6.45) is 0. The molecule has 0 bridgehead atoms. The van der Waals surface area contributed by atoms with Crippen LogP contribution in [0.15, 0.2) is 57.8 Å². The second kappa shape index (κ2) is 8.20. The van der Waals surface area contributed by atoms with Gasteiger partial charge in [-0.1, -0.05) is 25.4 Å². The first kappa shape index (κ1) is 20.2. The number of sulfonamides is 1. The van der Waals surface area contributed by atoms with Crippen molar-refractivity contribution in [1.82, 2.24) is 10.2 Å². The minimum Gasteiger partial charge on any atom is -0.484 e.